The lowest BCUT2D eigenvalue weighted by atomic mass is 10.1. The summed E-state index contributed by atoms with van der Waals surface area (Å²) in [6.45, 7) is 2.81. The Labute approximate surface area is 134 Å². The maximum Gasteiger partial charge on any atom is 0.305 e. The Kier molecular flexibility index (Phi) is 17.0. The summed E-state index contributed by atoms with van der Waals surface area (Å²) >= 11 is 3.45. The van der Waals surface area contributed by atoms with E-state index in [2.05, 4.69) is 22.9 Å². The van der Waals surface area contributed by atoms with E-state index in [1.54, 1.807) is 0 Å². The average molecular weight is 349 g/mol. The third-order valence-corrected chi connectivity index (χ3v) is 4.09. The number of ether oxygens (including phenoxy) is 1. The predicted octanol–water partition coefficient (Wildman–Crippen LogP) is 6.02. The van der Waals surface area contributed by atoms with Gasteiger partial charge in [0.2, 0.25) is 0 Å². The van der Waals surface area contributed by atoms with Gasteiger partial charge in [-0.3, -0.25) is 4.79 Å². The van der Waals surface area contributed by atoms with Gasteiger partial charge >= 0.3 is 5.97 Å². The second kappa shape index (κ2) is 17.0. The molecule has 0 spiro atoms. The molecule has 0 saturated heterocycles. The first-order valence-corrected chi connectivity index (χ1v) is 9.65. The van der Waals surface area contributed by atoms with Crippen LogP contribution in [0, 0.1) is 0 Å². The Hall–Kier alpha value is -0.0500. The van der Waals surface area contributed by atoms with Crippen LogP contribution >= 0.6 is 15.9 Å². The fraction of sp³-hybridized carbons (Fsp3) is 0.941. The van der Waals surface area contributed by atoms with Crippen LogP contribution in [-0.2, 0) is 9.53 Å². The third kappa shape index (κ3) is 16.0. The fourth-order valence-electron chi connectivity index (χ4n) is 2.21. The highest BCUT2D eigenvalue weighted by Gasteiger charge is 2.02. The van der Waals surface area contributed by atoms with E-state index in [1.165, 1.54) is 64.2 Å². The van der Waals surface area contributed by atoms with Gasteiger partial charge in [0.15, 0.2) is 0 Å². The van der Waals surface area contributed by atoms with E-state index in [9.17, 15) is 4.79 Å². The van der Waals surface area contributed by atoms with E-state index in [4.69, 9.17) is 4.74 Å². The summed E-state index contributed by atoms with van der Waals surface area (Å²) in [5.41, 5.74) is 0. The molecule has 20 heavy (non-hydrogen) atoms. The van der Waals surface area contributed by atoms with Crippen molar-refractivity contribution < 1.29 is 9.53 Å². The zero-order valence-corrected chi connectivity index (χ0v) is 14.9. The smallest absolute Gasteiger partial charge is 0.305 e. The number of carbonyl (C=O) groups excluding carboxylic acids is 1. The van der Waals surface area contributed by atoms with Gasteiger partial charge in [-0.1, -0.05) is 80.6 Å². The lowest BCUT2D eigenvalue weighted by Gasteiger charge is -2.04. The Morgan fingerprint density at radius 2 is 1.35 bits per heavy atom. The normalized spacial score (nSPS) is 10.7. The van der Waals surface area contributed by atoms with Gasteiger partial charge in [-0.2, -0.15) is 0 Å². The summed E-state index contributed by atoms with van der Waals surface area (Å²) in [4.78, 5) is 11.5. The minimum Gasteiger partial charge on any atom is -0.466 e. The van der Waals surface area contributed by atoms with Crippen LogP contribution in [0.15, 0.2) is 0 Å². The van der Waals surface area contributed by atoms with Gasteiger partial charge in [-0.15, -0.1) is 0 Å². The second-order valence-electron chi connectivity index (χ2n) is 5.55. The fourth-order valence-corrected chi connectivity index (χ4v) is 2.61. The van der Waals surface area contributed by atoms with Crippen LogP contribution in [0.1, 0.15) is 90.4 Å². The lowest BCUT2D eigenvalue weighted by Crippen LogP contribution is -2.05. The first kappa shape index (κ1) is 19.9. The maximum absolute atomic E-state index is 11.5. The standard InChI is InChI=1S/C17H33BrO2/c1-2-3-4-13-16-20-17(19)14-11-9-7-5-6-8-10-12-15-18/h2-16H2,1H3. The first-order chi connectivity index (χ1) is 9.81. The molecule has 120 valence electrons. The first-order valence-electron chi connectivity index (χ1n) is 8.52. The lowest BCUT2D eigenvalue weighted by molar-refractivity contribution is -0.143. The molecule has 0 rings (SSSR count). The Morgan fingerprint density at radius 1 is 0.800 bits per heavy atom. The van der Waals surface area contributed by atoms with Crippen LogP contribution < -0.4 is 0 Å². The molecule has 0 aliphatic carbocycles. The molecule has 0 aliphatic heterocycles. The Balaban J connectivity index is 3.11. The van der Waals surface area contributed by atoms with Crippen molar-refractivity contribution in [3.05, 3.63) is 0 Å². The van der Waals surface area contributed by atoms with Crippen molar-refractivity contribution in [3.8, 4) is 0 Å². The number of carbonyl (C=O) groups is 1. The summed E-state index contributed by atoms with van der Waals surface area (Å²) in [5, 5.41) is 1.13. The number of hydrogen-bond acceptors (Lipinski definition) is 2. The van der Waals surface area contributed by atoms with Crippen LogP contribution in [-0.4, -0.2) is 17.9 Å². The summed E-state index contributed by atoms with van der Waals surface area (Å²) in [7, 11) is 0. The molecule has 0 unspecified atom stereocenters. The van der Waals surface area contributed by atoms with E-state index in [0.717, 1.165) is 18.2 Å². The number of halogens is 1. The average Bonchev–Trinajstić information content (AvgIpc) is 2.45. The van der Waals surface area contributed by atoms with Crippen molar-refractivity contribution in [1.29, 1.82) is 0 Å². The highest BCUT2D eigenvalue weighted by molar-refractivity contribution is 9.09. The molecule has 0 radical (unpaired) electrons. The molecule has 0 aliphatic rings. The Bertz CT molecular complexity index is 207. The quantitative estimate of drug-likeness (QED) is 0.205. The van der Waals surface area contributed by atoms with Crippen LogP contribution in [0.25, 0.3) is 0 Å². The molecule has 0 bridgehead atoms. The summed E-state index contributed by atoms with van der Waals surface area (Å²) in [6, 6.07) is 0. The maximum atomic E-state index is 11.5. The molecule has 3 heteroatoms. The SMILES string of the molecule is CCCCCCOC(=O)CCCCCCCCCCBr. The van der Waals surface area contributed by atoms with Gasteiger partial charge in [0.25, 0.3) is 0 Å². The molecule has 0 aromatic heterocycles. The van der Waals surface area contributed by atoms with E-state index >= 15 is 0 Å². The van der Waals surface area contributed by atoms with Crippen molar-refractivity contribution >= 4 is 21.9 Å². The largest absolute Gasteiger partial charge is 0.466 e. The number of alkyl halides is 1. The van der Waals surface area contributed by atoms with Crippen molar-refractivity contribution in [3.63, 3.8) is 0 Å². The summed E-state index contributed by atoms with van der Waals surface area (Å²) in [5.74, 6) is -0.00109. The van der Waals surface area contributed by atoms with Crippen molar-refractivity contribution in [2.24, 2.45) is 0 Å². The van der Waals surface area contributed by atoms with Gasteiger partial charge in [-0.25, -0.2) is 0 Å². The van der Waals surface area contributed by atoms with Gasteiger partial charge in [0.05, 0.1) is 6.61 Å². The molecule has 0 aromatic carbocycles. The molecular weight excluding hydrogens is 316 g/mol. The molecule has 0 fully saturated rings. The number of rotatable bonds is 15. The van der Waals surface area contributed by atoms with E-state index in [0.29, 0.717) is 13.0 Å². The highest BCUT2D eigenvalue weighted by Crippen LogP contribution is 2.10. The number of esters is 1. The molecular formula is C17H33BrO2. The molecule has 0 saturated carbocycles. The molecule has 0 atom stereocenters. The minimum absolute atomic E-state index is 0.00109. The molecule has 2 nitrogen and oxygen atoms in total. The van der Waals surface area contributed by atoms with Gasteiger partial charge < -0.3 is 4.74 Å². The van der Waals surface area contributed by atoms with Crippen molar-refractivity contribution in [1.82, 2.24) is 0 Å². The van der Waals surface area contributed by atoms with E-state index in [-0.39, 0.29) is 5.97 Å². The predicted molar refractivity (Wildman–Crippen MR) is 90.4 cm³/mol. The minimum atomic E-state index is -0.00109. The summed E-state index contributed by atoms with van der Waals surface area (Å²) < 4.78 is 5.22. The zero-order chi connectivity index (χ0) is 14.9. The van der Waals surface area contributed by atoms with Crippen LogP contribution in [0.3, 0.4) is 0 Å². The van der Waals surface area contributed by atoms with Gasteiger partial charge in [0.1, 0.15) is 0 Å². The van der Waals surface area contributed by atoms with Crippen LogP contribution in [0.4, 0.5) is 0 Å². The van der Waals surface area contributed by atoms with Gasteiger partial charge in [0, 0.05) is 11.8 Å². The second-order valence-corrected chi connectivity index (χ2v) is 6.34. The van der Waals surface area contributed by atoms with E-state index in [1.807, 2.05) is 0 Å². The van der Waals surface area contributed by atoms with Crippen LogP contribution in [0.5, 0.6) is 0 Å². The topological polar surface area (TPSA) is 26.3 Å². The van der Waals surface area contributed by atoms with Crippen molar-refractivity contribution in [2.75, 3.05) is 11.9 Å². The Morgan fingerprint density at radius 3 is 1.95 bits per heavy atom. The van der Waals surface area contributed by atoms with Crippen molar-refractivity contribution in [2.45, 2.75) is 90.4 Å². The number of hydrogen-bond donors (Lipinski definition) is 0. The molecule has 0 N–H and O–H groups in total. The molecule has 0 heterocycles. The molecule has 0 amide bonds. The number of unbranched alkanes of at least 4 members (excludes halogenated alkanes) is 10. The summed E-state index contributed by atoms with van der Waals surface area (Å²) in [6.07, 6.45) is 15.4. The van der Waals surface area contributed by atoms with E-state index < -0.39 is 0 Å². The monoisotopic (exact) mass is 348 g/mol. The zero-order valence-electron chi connectivity index (χ0n) is 13.3. The van der Waals surface area contributed by atoms with Gasteiger partial charge in [-0.05, 0) is 19.3 Å². The third-order valence-electron chi connectivity index (χ3n) is 3.53. The molecule has 0 aromatic rings. The highest BCUT2D eigenvalue weighted by atomic mass is 79.9. The van der Waals surface area contributed by atoms with Crippen LogP contribution in [0.2, 0.25) is 0 Å².